The van der Waals surface area contributed by atoms with Gasteiger partial charge in [0.25, 0.3) is 5.91 Å². The fraction of sp³-hybridized carbons (Fsp3) is 0.391. The van der Waals surface area contributed by atoms with Crippen molar-refractivity contribution < 1.29 is 9.59 Å². The summed E-state index contributed by atoms with van der Waals surface area (Å²) in [6.45, 7) is 6.81. The van der Waals surface area contributed by atoms with E-state index in [1.807, 2.05) is 62.1 Å². The first-order valence-electron chi connectivity index (χ1n) is 9.80. The van der Waals surface area contributed by atoms with Crippen molar-refractivity contribution in [3.63, 3.8) is 0 Å². The summed E-state index contributed by atoms with van der Waals surface area (Å²) >= 11 is 1.57. The van der Waals surface area contributed by atoms with E-state index < -0.39 is 0 Å². The summed E-state index contributed by atoms with van der Waals surface area (Å²) in [5.41, 5.74) is 4.01. The van der Waals surface area contributed by atoms with Crippen molar-refractivity contribution in [2.45, 2.75) is 44.2 Å². The number of carbonyl (C=O) groups is 2. The number of aryl methyl sites for hydroxylation is 2. The van der Waals surface area contributed by atoms with Gasteiger partial charge in [0.15, 0.2) is 0 Å². The molecule has 1 N–H and O–H groups in total. The van der Waals surface area contributed by atoms with Crippen LogP contribution in [0.2, 0.25) is 0 Å². The quantitative estimate of drug-likeness (QED) is 0.786. The van der Waals surface area contributed by atoms with E-state index in [2.05, 4.69) is 11.4 Å². The fourth-order valence-corrected chi connectivity index (χ4v) is 5.17. The zero-order valence-electron chi connectivity index (χ0n) is 16.6. The number of nitrogens with one attached hydrogen (secondary N) is 1. The molecule has 2 heterocycles. The van der Waals surface area contributed by atoms with Crippen LogP contribution in [-0.2, 0) is 4.79 Å². The fourth-order valence-electron chi connectivity index (χ4n) is 4.37. The molecule has 3 aliphatic rings. The number of carbonyl (C=O) groups excluding carboxylic acids is 2. The summed E-state index contributed by atoms with van der Waals surface area (Å²) in [4.78, 5) is 28.6. The maximum Gasteiger partial charge on any atom is 0.251 e. The van der Waals surface area contributed by atoms with Crippen LogP contribution in [-0.4, -0.2) is 41.1 Å². The van der Waals surface area contributed by atoms with E-state index >= 15 is 0 Å². The van der Waals surface area contributed by atoms with Gasteiger partial charge in [-0.1, -0.05) is 29.8 Å². The molecule has 4 nitrogen and oxygen atoms in total. The molecule has 2 aromatic rings. The molecule has 5 rings (SSSR count). The SMILES string of the molecule is Cc1cc(C)c(C)c(C(=O)N[C@@H]2[C@H]3C[C@@H]2N(C(=O)CSc2ccccc2)C3)c1. The Morgan fingerprint density at radius 2 is 1.89 bits per heavy atom. The molecule has 2 bridgehead atoms. The zero-order chi connectivity index (χ0) is 19.8. The summed E-state index contributed by atoms with van der Waals surface area (Å²) in [5.74, 6) is 0.979. The Morgan fingerprint density at radius 3 is 2.64 bits per heavy atom. The highest BCUT2D eigenvalue weighted by atomic mass is 32.2. The third-order valence-electron chi connectivity index (χ3n) is 6.08. The number of nitrogens with zero attached hydrogens (tertiary/aromatic N) is 1. The Hall–Kier alpha value is -2.27. The molecule has 0 spiro atoms. The first kappa shape index (κ1) is 19.1. The zero-order valence-corrected chi connectivity index (χ0v) is 17.4. The van der Waals surface area contributed by atoms with Gasteiger partial charge in [0.1, 0.15) is 0 Å². The van der Waals surface area contributed by atoms with Gasteiger partial charge in [0.2, 0.25) is 5.91 Å². The van der Waals surface area contributed by atoms with Crippen molar-refractivity contribution in [1.29, 1.82) is 0 Å². The lowest BCUT2D eigenvalue weighted by Gasteiger charge is -2.37. The lowest BCUT2D eigenvalue weighted by Crippen LogP contribution is -2.55. The molecular weight excluding hydrogens is 368 g/mol. The molecule has 2 saturated heterocycles. The summed E-state index contributed by atoms with van der Waals surface area (Å²) in [6.07, 6.45) is 0.999. The lowest BCUT2D eigenvalue weighted by atomic mass is 9.79. The highest BCUT2D eigenvalue weighted by molar-refractivity contribution is 8.00. The molecule has 146 valence electrons. The molecule has 2 aliphatic heterocycles. The third kappa shape index (κ3) is 3.55. The largest absolute Gasteiger partial charge is 0.347 e. The van der Waals surface area contributed by atoms with Gasteiger partial charge in [-0.25, -0.2) is 0 Å². The third-order valence-corrected chi connectivity index (χ3v) is 7.07. The van der Waals surface area contributed by atoms with Crippen molar-refractivity contribution in [2.75, 3.05) is 12.3 Å². The number of fused-ring (bicyclic) bond motifs is 1. The Labute approximate surface area is 170 Å². The first-order valence-corrected chi connectivity index (χ1v) is 10.8. The number of amides is 2. The monoisotopic (exact) mass is 394 g/mol. The van der Waals surface area contributed by atoms with Crippen LogP contribution in [0.15, 0.2) is 47.4 Å². The molecule has 3 fully saturated rings. The van der Waals surface area contributed by atoms with E-state index in [1.165, 1.54) is 0 Å². The van der Waals surface area contributed by atoms with Crippen LogP contribution in [0.1, 0.15) is 33.5 Å². The second kappa shape index (κ2) is 7.63. The number of benzene rings is 2. The molecule has 0 unspecified atom stereocenters. The number of rotatable bonds is 5. The van der Waals surface area contributed by atoms with Crippen LogP contribution >= 0.6 is 11.8 Å². The average Bonchev–Trinajstić information content (AvgIpc) is 3.27. The molecule has 28 heavy (non-hydrogen) atoms. The van der Waals surface area contributed by atoms with Crippen molar-refractivity contribution in [2.24, 2.45) is 5.92 Å². The smallest absolute Gasteiger partial charge is 0.251 e. The standard InChI is InChI=1S/C23H26N2O2S/c1-14-9-15(2)16(3)19(10-14)23(27)24-22-17-11-20(22)25(12-17)21(26)13-28-18-7-5-4-6-8-18/h4-10,17,20,22H,11-13H2,1-3H3,(H,24,27)/t17-,20-,22+/m0/s1. The molecule has 2 aromatic carbocycles. The van der Waals surface area contributed by atoms with Gasteiger partial charge >= 0.3 is 0 Å². The van der Waals surface area contributed by atoms with Crippen LogP contribution in [0.3, 0.4) is 0 Å². The van der Waals surface area contributed by atoms with Crippen molar-refractivity contribution in [1.82, 2.24) is 10.2 Å². The first-order chi connectivity index (χ1) is 13.4. The average molecular weight is 395 g/mol. The van der Waals surface area contributed by atoms with Gasteiger partial charge in [-0.3, -0.25) is 9.59 Å². The predicted molar refractivity (Wildman–Crippen MR) is 113 cm³/mol. The van der Waals surface area contributed by atoms with Gasteiger partial charge < -0.3 is 10.2 Å². The Kier molecular flexibility index (Phi) is 5.19. The summed E-state index contributed by atoms with van der Waals surface area (Å²) in [5, 5.41) is 3.21. The molecule has 1 saturated carbocycles. The molecule has 0 aromatic heterocycles. The molecular formula is C23H26N2O2S. The Morgan fingerprint density at radius 1 is 1.14 bits per heavy atom. The van der Waals surface area contributed by atoms with Gasteiger partial charge in [-0.2, -0.15) is 0 Å². The highest BCUT2D eigenvalue weighted by Gasteiger charge is 2.54. The summed E-state index contributed by atoms with van der Waals surface area (Å²) in [7, 11) is 0. The second-order valence-corrected chi connectivity index (χ2v) is 9.01. The van der Waals surface area contributed by atoms with Crippen LogP contribution in [0.4, 0.5) is 0 Å². The second-order valence-electron chi connectivity index (χ2n) is 7.96. The maximum absolute atomic E-state index is 12.9. The van der Waals surface area contributed by atoms with Gasteiger partial charge in [-0.05, 0) is 56.5 Å². The highest BCUT2D eigenvalue weighted by Crippen LogP contribution is 2.41. The van der Waals surface area contributed by atoms with Gasteiger partial charge in [-0.15, -0.1) is 11.8 Å². The molecule has 0 radical (unpaired) electrons. The van der Waals surface area contributed by atoms with Crippen LogP contribution in [0.5, 0.6) is 0 Å². The van der Waals surface area contributed by atoms with Crippen LogP contribution < -0.4 is 5.32 Å². The van der Waals surface area contributed by atoms with E-state index in [0.29, 0.717) is 11.7 Å². The Bertz CT molecular complexity index is 912. The normalized spacial score (nSPS) is 22.7. The molecule has 3 atom stereocenters. The topological polar surface area (TPSA) is 49.4 Å². The van der Waals surface area contributed by atoms with Crippen molar-refractivity contribution in [3.05, 3.63) is 64.7 Å². The van der Waals surface area contributed by atoms with E-state index in [0.717, 1.165) is 40.1 Å². The molecule has 5 heteroatoms. The summed E-state index contributed by atoms with van der Waals surface area (Å²) < 4.78 is 0. The molecule has 2 amide bonds. The number of hydrogen-bond acceptors (Lipinski definition) is 3. The minimum atomic E-state index is -0.0167. The van der Waals surface area contributed by atoms with Crippen LogP contribution in [0.25, 0.3) is 0 Å². The van der Waals surface area contributed by atoms with Crippen molar-refractivity contribution >= 4 is 23.6 Å². The van der Waals surface area contributed by atoms with E-state index in [1.54, 1.807) is 11.8 Å². The van der Waals surface area contributed by atoms with E-state index in [-0.39, 0.29) is 23.9 Å². The molecule has 1 aliphatic carbocycles. The minimum Gasteiger partial charge on any atom is -0.347 e. The van der Waals surface area contributed by atoms with Crippen molar-refractivity contribution in [3.8, 4) is 0 Å². The summed E-state index contributed by atoms with van der Waals surface area (Å²) in [6, 6.07) is 14.3. The van der Waals surface area contributed by atoms with E-state index in [9.17, 15) is 9.59 Å². The number of hydrogen-bond donors (Lipinski definition) is 1. The van der Waals surface area contributed by atoms with Gasteiger partial charge in [0.05, 0.1) is 17.8 Å². The Balaban J connectivity index is 1.37. The van der Waals surface area contributed by atoms with Crippen LogP contribution in [0, 0.1) is 26.7 Å². The maximum atomic E-state index is 12.9. The minimum absolute atomic E-state index is 0.0167. The lowest BCUT2D eigenvalue weighted by molar-refractivity contribution is -0.128. The van der Waals surface area contributed by atoms with Gasteiger partial charge in [0, 0.05) is 22.9 Å². The van der Waals surface area contributed by atoms with E-state index in [4.69, 9.17) is 0 Å². The predicted octanol–water partition coefficient (Wildman–Crippen LogP) is 3.73. The number of thioether (sulfide) groups is 1.